The normalized spacial score (nSPS) is 26.3. The van der Waals surface area contributed by atoms with Gasteiger partial charge in [0.15, 0.2) is 0 Å². The number of likely N-dealkylation sites (tertiary alicyclic amines) is 1. The van der Waals surface area contributed by atoms with Crippen LogP contribution in [-0.4, -0.2) is 34.5 Å². The van der Waals surface area contributed by atoms with Gasteiger partial charge in [-0.25, -0.2) is 0 Å². The average molecular weight is 337 g/mol. The topological polar surface area (TPSA) is 57.7 Å². The van der Waals surface area contributed by atoms with Gasteiger partial charge in [0, 0.05) is 30.5 Å². The number of pyridine rings is 1. The SMILES string of the molecule is COC(=O)C1CC2CCCCC2N1Cc1cn2ccccc2c1C#N. The molecule has 2 aromatic rings. The smallest absolute Gasteiger partial charge is 0.323 e. The molecule has 0 radical (unpaired) electrons. The van der Waals surface area contributed by atoms with E-state index in [0.29, 0.717) is 24.1 Å². The Morgan fingerprint density at radius 3 is 3.00 bits per heavy atom. The van der Waals surface area contributed by atoms with Crippen molar-refractivity contribution in [3.05, 3.63) is 41.7 Å². The molecule has 4 rings (SSSR count). The highest BCUT2D eigenvalue weighted by Crippen LogP contribution is 2.41. The summed E-state index contributed by atoms with van der Waals surface area (Å²) in [5, 5.41) is 9.66. The summed E-state index contributed by atoms with van der Waals surface area (Å²) in [5.74, 6) is 0.428. The third-order valence-corrected chi connectivity index (χ3v) is 5.92. The second-order valence-corrected chi connectivity index (χ2v) is 7.19. The van der Waals surface area contributed by atoms with Crippen LogP contribution in [0.4, 0.5) is 0 Å². The Labute approximate surface area is 147 Å². The Kier molecular flexibility index (Phi) is 4.22. The Morgan fingerprint density at radius 2 is 2.20 bits per heavy atom. The highest BCUT2D eigenvalue weighted by atomic mass is 16.5. The zero-order valence-corrected chi connectivity index (χ0v) is 14.5. The van der Waals surface area contributed by atoms with E-state index < -0.39 is 0 Å². The van der Waals surface area contributed by atoms with Crippen LogP contribution >= 0.6 is 0 Å². The maximum absolute atomic E-state index is 12.4. The second-order valence-electron chi connectivity index (χ2n) is 7.19. The number of nitrogens with zero attached hydrogens (tertiary/aromatic N) is 3. The number of methoxy groups -OCH3 is 1. The van der Waals surface area contributed by atoms with E-state index in [0.717, 1.165) is 23.9 Å². The molecule has 1 saturated carbocycles. The number of carbonyl (C=O) groups is 1. The van der Waals surface area contributed by atoms with Gasteiger partial charge in [0.25, 0.3) is 0 Å². The molecule has 5 heteroatoms. The third kappa shape index (κ3) is 2.71. The molecule has 25 heavy (non-hydrogen) atoms. The molecule has 3 heterocycles. The van der Waals surface area contributed by atoms with Crippen LogP contribution in [0.25, 0.3) is 5.52 Å². The molecular formula is C20H23N3O2. The maximum Gasteiger partial charge on any atom is 0.323 e. The van der Waals surface area contributed by atoms with Crippen LogP contribution in [0.3, 0.4) is 0 Å². The summed E-state index contributed by atoms with van der Waals surface area (Å²) in [4.78, 5) is 14.6. The van der Waals surface area contributed by atoms with Crippen LogP contribution in [0.1, 0.15) is 43.2 Å². The fraction of sp³-hybridized carbons (Fsp3) is 0.500. The molecule has 1 aliphatic carbocycles. The van der Waals surface area contributed by atoms with Crippen molar-refractivity contribution in [2.45, 2.75) is 50.7 Å². The molecular weight excluding hydrogens is 314 g/mol. The van der Waals surface area contributed by atoms with E-state index in [2.05, 4.69) is 11.0 Å². The number of aromatic nitrogens is 1. The monoisotopic (exact) mass is 337 g/mol. The van der Waals surface area contributed by atoms with E-state index in [1.807, 2.05) is 35.0 Å². The minimum absolute atomic E-state index is 0.142. The molecule has 3 atom stereocenters. The van der Waals surface area contributed by atoms with Gasteiger partial charge in [-0.15, -0.1) is 0 Å². The Morgan fingerprint density at radius 1 is 1.36 bits per heavy atom. The summed E-state index contributed by atoms with van der Waals surface area (Å²) in [6.07, 6.45) is 9.66. The van der Waals surface area contributed by atoms with Gasteiger partial charge in [0.1, 0.15) is 12.1 Å². The molecule has 2 fully saturated rings. The molecule has 5 nitrogen and oxygen atoms in total. The van der Waals surface area contributed by atoms with Gasteiger partial charge in [-0.3, -0.25) is 9.69 Å². The number of nitriles is 1. The molecule has 0 amide bonds. The van der Waals surface area contributed by atoms with E-state index >= 15 is 0 Å². The molecule has 2 aromatic heterocycles. The van der Waals surface area contributed by atoms with E-state index in [1.54, 1.807) is 0 Å². The molecule has 1 saturated heterocycles. The van der Waals surface area contributed by atoms with Gasteiger partial charge in [-0.2, -0.15) is 5.26 Å². The summed E-state index contributed by atoms with van der Waals surface area (Å²) in [5.41, 5.74) is 2.63. The zero-order chi connectivity index (χ0) is 17.4. The zero-order valence-electron chi connectivity index (χ0n) is 14.5. The van der Waals surface area contributed by atoms with Crippen LogP contribution < -0.4 is 0 Å². The first-order chi connectivity index (χ1) is 12.2. The highest BCUT2D eigenvalue weighted by Gasteiger charge is 2.45. The van der Waals surface area contributed by atoms with E-state index in [4.69, 9.17) is 4.74 Å². The van der Waals surface area contributed by atoms with Crippen molar-refractivity contribution in [1.82, 2.24) is 9.30 Å². The highest BCUT2D eigenvalue weighted by molar-refractivity contribution is 5.76. The number of esters is 1. The molecule has 0 bridgehead atoms. The van der Waals surface area contributed by atoms with Crippen LogP contribution in [-0.2, 0) is 16.1 Å². The maximum atomic E-state index is 12.4. The van der Waals surface area contributed by atoms with E-state index in [1.165, 1.54) is 26.4 Å². The average Bonchev–Trinajstić information content (AvgIpc) is 3.19. The standard InChI is InChI=1S/C20H23N3O2/c1-25-20(24)19-10-14-6-2-3-7-17(14)23(19)13-15-12-22-9-5-4-8-18(22)16(15)11-21/h4-5,8-9,12,14,17,19H,2-3,6-7,10,13H2,1H3. The summed E-state index contributed by atoms with van der Waals surface area (Å²) in [6, 6.07) is 8.47. The van der Waals surface area contributed by atoms with Crippen molar-refractivity contribution in [2.75, 3.05) is 7.11 Å². The van der Waals surface area contributed by atoms with Crippen molar-refractivity contribution in [2.24, 2.45) is 5.92 Å². The van der Waals surface area contributed by atoms with Gasteiger partial charge in [0.2, 0.25) is 0 Å². The number of rotatable bonds is 3. The van der Waals surface area contributed by atoms with Crippen molar-refractivity contribution in [3.63, 3.8) is 0 Å². The predicted octanol–water partition coefficient (Wildman–Crippen LogP) is 3.12. The van der Waals surface area contributed by atoms with Crippen molar-refractivity contribution in [3.8, 4) is 6.07 Å². The third-order valence-electron chi connectivity index (χ3n) is 5.92. The number of ether oxygens (including phenoxy) is 1. The quantitative estimate of drug-likeness (QED) is 0.808. The number of carbonyl (C=O) groups excluding carboxylic acids is 1. The Balaban J connectivity index is 1.70. The minimum atomic E-state index is -0.187. The van der Waals surface area contributed by atoms with Gasteiger partial charge in [-0.05, 0) is 37.3 Å². The number of hydrogen-bond donors (Lipinski definition) is 0. The van der Waals surface area contributed by atoms with Crippen molar-refractivity contribution < 1.29 is 9.53 Å². The number of hydrogen-bond acceptors (Lipinski definition) is 4. The van der Waals surface area contributed by atoms with Crippen LogP contribution in [0.15, 0.2) is 30.6 Å². The van der Waals surface area contributed by atoms with Gasteiger partial charge >= 0.3 is 5.97 Å². The summed E-state index contributed by atoms with van der Waals surface area (Å²) in [7, 11) is 1.47. The lowest BCUT2D eigenvalue weighted by Gasteiger charge is -2.33. The minimum Gasteiger partial charge on any atom is -0.468 e. The summed E-state index contributed by atoms with van der Waals surface area (Å²) in [6.45, 7) is 0.630. The Hall–Kier alpha value is -2.32. The lowest BCUT2D eigenvalue weighted by Crippen LogP contribution is -2.42. The van der Waals surface area contributed by atoms with Gasteiger partial charge < -0.3 is 9.14 Å². The first-order valence-corrected chi connectivity index (χ1v) is 9.05. The first kappa shape index (κ1) is 16.2. The van der Waals surface area contributed by atoms with Crippen LogP contribution in [0.2, 0.25) is 0 Å². The van der Waals surface area contributed by atoms with Crippen LogP contribution in [0, 0.1) is 17.2 Å². The Bertz CT molecular complexity index is 835. The molecule has 1 aliphatic heterocycles. The molecule has 0 aromatic carbocycles. The van der Waals surface area contributed by atoms with E-state index in [-0.39, 0.29) is 12.0 Å². The number of fused-ring (bicyclic) bond motifs is 2. The van der Waals surface area contributed by atoms with Gasteiger partial charge in [0.05, 0.1) is 18.2 Å². The molecule has 3 unspecified atom stereocenters. The predicted molar refractivity (Wildman–Crippen MR) is 93.8 cm³/mol. The summed E-state index contributed by atoms with van der Waals surface area (Å²) < 4.78 is 7.07. The fourth-order valence-corrected chi connectivity index (χ4v) is 4.77. The summed E-state index contributed by atoms with van der Waals surface area (Å²) >= 11 is 0. The lowest BCUT2D eigenvalue weighted by molar-refractivity contribution is -0.146. The fourth-order valence-electron chi connectivity index (χ4n) is 4.77. The second kappa shape index (κ2) is 6.53. The largest absolute Gasteiger partial charge is 0.468 e. The van der Waals surface area contributed by atoms with Gasteiger partial charge in [-0.1, -0.05) is 18.9 Å². The lowest BCUT2D eigenvalue weighted by atomic mass is 9.84. The van der Waals surface area contributed by atoms with Crippen molar-refractivity contribution in [1.29, 1.82) is 5.26 Å². The molecule has 2 aliphatic rings. The van der Waals surface area contributed by atoms with E-state index in [9.17, 15) is 10.1 Å². The van der Waals surface area contributed by atoms with Crippen molar-refractivity contribution >= 4 is 11.5 Å². The molecule has 130 valence electrons. The molecule has 0 N–H and O–H groups in total. The molecule has 0 spiro atoms. The van der Waals surface area contributed by atoms with Crippen LogP contribution in [0.5, 0.6) is 0 Å². The first-order valence-electron chi connectivity index (χ1n) is 9.05.